The van der Waals surface area contributed by atoms with Gasteiger partial charge in [-0.05, 0) is 80.3 Å². The van der Waals surface area contributed by atoms with Crippen LogP contribution in [0.3, 0.4) is 0 Å². The Hall–Kier alpha value is -5.38. The van der Waals surface area contributed by atoms with Crippen LogP contribution in [0.1, 0.15) is 22.3 Å². The molecule has 8 rings (SSSR count). The lowest BCUT2D eigenvalue weighted by Gasteiger charge is -2.34. The van der Waals surface area contributed by atoms with Crippen LogP contribution >= 0.6 is 11.3 Å². The van der Waals surface area contributed by atoms with Crippen LogP contribution in [0.25, 0.3) is 30.9 Å². The van der Waals surface area contributed by atoms with Crippen LogP contribution in [0.15, 0.2) is 146 Å². The zero-order valence-electron chi connectivity index (χ0n) is 27.2. The molecule has 0 amide bonds. The Balaban J connectivity index is 1.61. The smallest absolute Gasteiger partial charge is 0.0720 e. The van der Waals surface area contributed by atoms with Gasteiger partial charge < -0.3 is 9.80 Å². The third-order valence-corrected chi connectivity index (χ3v) is 10.5. The Morgan fingerprint density at radius 3 is 1.15 bits per heavy atom. The van der Waals surface area contributed by atoms with Gasteiger partial charge in [-0.1, -0.05) is 115 Å². The number of para-hydroxylation sites is 4. The molecule has 2 nitrogen and oxygen atoms in total. The van der Waals surface area contributed by atoms with Crippen molar-refractivity contribution in [1.82, 2.24) is 0 Å². The Bertz CT molecular complexity index is 2340. The van der Waals surface area contributed by atoms with E-state index >= 15 is 0 Å². The summed E-state index contributed by atoms with van der Waals surface area (Å²) >= 11 is 1.89. The van der Waals surface area contributed by atoms with Crippen LogP contribution < -0.4 is 9.80 Å². The molecule has 0 radical (unpaired) electrons. The summed E-state index contributed by atoms with van der Waals surface area (Å²) in [4.78, 5) is 5.03. The third-order valence-electron chi connectivity index (χ3n) is 9.36. The molecule has 0 bridgehead atoms. The molecule has 228 valence electrons. The molecule has 1 heterocycles. The number of rotatable bonds is 6. The summed E-state index contributed by atoms with van der Waals surface area (Å²) in [5.41, 5.74) is 12.1. The minimum Gasteiger partial charge on any atom is -0.309 e. The maximum Gasteiger partial charge on any atom is 0.0720 e. The van der Waals surface area contributed by atoms with Crippen molar-refractivity contribution in [3.8, 4) is 0 Å². The fraction of sp³-hybridized carbons (Fsp3) is 0.0909. The van der Waals surface area contributed by atoms with E-state index in [2.05, 4.69) is 183 Å². The zero-order chi connectivity index (χ0) is 32.1. The Labute approximate surface area is 280 Å². The highest BCUT2D eigenvalue weighted by molar-refractivity contribution is 7.26. The quantitative estimate of drug-likeness (QED) is 0.170. The molecular weight excluding hydrogens is 589 g/mol. The number of benzene rings is 7. The van der Waals surface area contributed by atoms with Crippen molar-refractivity contribution in [1.29, 1.82) is 0 Å². The van der Waals surface area contributed by atoms with Gasteiger partial charge in [0.05, 0.1) is 16.1 Å². The summed E-state index contributed by atoms with van der Waals surface area (Å²) in [6.45, 7) is 8.88. The number of thiophene rings is 1. The van der Waals surface area contributed by atoms with Gasteiger partial charge in [-0.25, -0.2) is 0 Å². The van der Waals surface area contributed by atoms with E-state index in [1.54, 1.807) is 0 Å². The maximum absolute atomic E-state index is 2.52. The van der Waals surface area contributed by atoms with Gasteiger partial charge in [0, 0.05) is 49.0 Å². The first-order chi connectivity index (χ1) is 23.0. The number of anilines is 6. The second-order valence-corrected chi connectivity index (χ2v) is 13.4. The standard InChI is InChI=1S/C44H36N2S/c1-29-17-5-12-24-36(29)45(37-25-13-6-18-30(37)2)42-33-21-9-10-22-34(33)43(44-41(42)35-23-11-16-28-40(35)47-44)46(38-26-14-7-19-31(38)3)39-27-15-8-20-32(39)4/h5-28H,1-4H3. The summed E-state index contributed by atoms with van der Waals surface area (Å²) in [7, 11) is 0. The average molecular weight is 625 g/mol. The first-order valence-electron chi connectivity index (χ1n) is 16.2. The van der Waals surface area contributed by atoms with Crippen molar-refractivity contribution in [2.45, 2.75) is 27.7 Å². The van der Waals surface area contributed by atoms with Crippen molar-refractivity contribution < 1.29 is 0 Å². The van der Waals surface area contributed by atoms with Crippen molar-refractivity contribution in [3.05, 3.63) is 168 Å². The molecule has 3 heteroatoms. The van der Waals surface area contributed by atoms with Crippen LogP contribution in [0.4, 0.5) is 34.1 Å². The Kier molecular flexibility index (Phi) is 7.27. The normalized spacial score (nSPS) is 11.4. The first kappa shape index (κ1) is 29.1. The molecule has 8 aromatic rings. The van der Waals surface area contributed by atoms with Gasteiger partial charge in [-0.15, -0.1) is 11.3 Å². The highest BCUT2D eigenvalue weighted by Gasteiger charge is 2.29. The lowest BCUT2D eigenvalue weighted by molar-refractivity contribution is 1.24. The topological polar surface area (TPSA) is 6.48 Å². The van der Waals surface area contributed by atoms with E-state index in [0.717, 1.165) is 0 Å². The molecule has 0 fully saturated rings. The van der Waals surface area contributed by atoms with Crippen LogP contribution in [0, 0.1) is 27.7 Å². The minimum absolute atomic E-state index is 1.19. The van der Waals surface area contributed by atoms with Gasteiger partial charge in [-0.3, -0.25) is 0 Å². The van der Waals surface area contributed by atoms with Crippen molar-refractivity contribution in [3.63, 3.8) is 0 Å². The molecule has 47 heavy (non-hydrogen) atoms. The number of hydrogen-bond donors (Lipinski definition) is 0. The molecule has 0 saturated heterocycles. The zero-order valence-corrected chi connectivity index (χ0v) is 28.0. The largest absolute Gasteiger partial charge is 0.309 e. The van der Waals surface area contributed by atoms with E-state index in [1.165, 1.54) is 87.3 Å². The molecule has 1 aromatic heterocycles. The predicted molar refractivity (Wildman–Crippen MR) is 205 cm³/mol. The summed E-state index contributed by atoms with van der Waals surface area (Å²) < 4.78 is 2.56. The maximum atomic E-state index is 2.52. The fourth-order valence-corrected chi connectivity index (χ4v) is 8.31. The van der Waals surface area contributed by atoms with E-state index in [0.29, 0.717) is 0 Å². The molecule has 0 unspecified atom stereocenters. The van der Waals surface area contributed by atoms with E-state index in [4.69, 9.17) is 0 Å². The number of nitrogens with zero attached hydrogens (tertiary/aromatic N) is 2. The van der Waals surface area contributed by atoms with Gasteiger partial charge in [0.1, 0.15) is 0 Å². The van der Waals surface area contributed by atoms with Gasteiger partial charge in [0.25, 0.3) is 0 Å². The molecule has 0 N–H and O–H groups in total. The number of fused-ring (bicyclic) bond motifs is 4. The number of aryl methyl sites for hydroxylation is 4. The van der Waals surface area contributed by atoms with E-state index in [9.17, 15) is 0 Å². The summed E-state index contributed by atoms with van der Waals surface area (Å²) in [5, 5.41) is 4.99. The minimum atomic E-state index is 1.19. The monoisotopic (exact) mass is 624 g/mol. The van der Waals surface area contributed by atoms with Crippen molar-refractivity contribution >= 4 is 76.4 Å². The van der Waals surface area contributed by atoms with E-state index in [-0.39, 0.29) is 0 Å². The molecule has 7 aromatic carbocycles. The molecule has 0 aliphatic rings. The van der Waals surface area contributed by atoms with Crippen LogP contribution in [-0.2, 0) is 0 Å². The lowest BCUT2D eigenvalue weighted by Crippen LogP contribution is -2.16. The Morgan fingerprint density at radius 2 is 0.702 bits per heavy atom. The lowest BCUT2D eigenvalue weighted by atomic mass is 9.96. The van der Waals surface area contributed by atoms with Crippen LogP contribution in [0.2, 0.25) is 0 Å². The van der Waals surface area contributed by atoms with Crippen LogP contribution in [0.5, 0.6) is 0 Å². The summed E-state index contributed by atoms with van der Waals surface area (Å²) in [6.07, 6.45) is 0. The molecule has 0 aliphatic carbocycles. The highest BCUT2D eigenvalue weighted by Crippen LogP contribution is 2.56. The van der Waals surface area contributed by atoms with Crippen molar-refractivity contribution in [2.24, 2.45) is 0 Å². The van der Waals surface area contributed by atoms with E-state index in [1.807, 2.05) is 11.3 Å². The molecule has 0 saturated carbocycles. The first-order valence-corrected chi connectivity index (χ1v) is 17.0. The number of hydrogen-bond acceptors (Lipinski definition) is 3. The van der Waals surface area contributed by atoms with Crippen LogP contribution in [-0.4, -0.2) is 0 Å². The second-order valence-electron chi connectivity index (χ2n) is 12.4. The average Bonchev–Trinajstić information content (AvgIpc) is 3.48. The fourth-order valence-electron chi connectivity index (χ4n) is 7.05. The highest BCUT2D eigenvalue weighted by atomic mass is 32.1. The van der Waals surface area contributed by atoms with Gasteiger partial charge in [0.15, 0.2) is 0 Å². The second kappa shape index (κ2) is 11.8. The third kappa shape index (κ3) is 4.78. The van der Waals surface area contributed by atoms with Gasteiger partial charge in [0.2, 0.25) is 0 Å². The van der Waals surface area contributed by atoms with Gasteiger partial charge in [-0.2, -0.15) is 0 Å². The molecular formula is C44H36N2S. The predicted octanol–water partition coefficient (Wildman–Crippen LogP) is 13.4. The van der Waals surface area contributed by atoms with Crippen molar-refractivity contribution in [2.75, 3.05) is 9.80 Å². The molecule has 0 spiro atoms. The van der Waals surface area contributed by atoms with E-state index < -0.39 is 0 Å². The molecule has 0 aliphatic heterocycles. The SMILES string of the molecule is Cc1ccccc1N(c1ccccc1C)c1c2ccccc2c(N(c2ccccc2C)c2ccccc2C)c2c1sc1ccccc12. The Morgan fingerprint density at radius 1 is 0.362 bits per heavy atom. The molecule has 0 atom stereocenters. The summed E-state index contributed by atoms with van der Waals surface area (Å²) in [5.74, 6) is 0. The van der Waals surface area contributed by atoms with Gasteiger partial charge >= 0.3 is 0 Å². The summed E-state index contributed by atoms with van der Waals surface area (Å²) in [6, 6.07) is 53.0.